The van der Waals surface area contributed by atoms with E-state index in [9.17, 15) is 0 Å². The number of aromatic nitrogens is 2. The summed E-state index contributed by atoms with van der Waals surface area (Å²) in [4.78, 5) is 4.06. The van der Waals surface area contributed by atoms with Gasteiger partial charge >= 0.3 is 0 Å². The highest BCUT2D eigenvalue weighted by molar-refractivity contribution is 5.39. The normalized spacial score (nSPS) is 10.2. The molecule has 0 radical (unpaired) electrons. The van der Waals surface area contributed by atoms with Crippen LogP contribution in [0.15, 0.2) is 28.8 Å². The van der Waals surface area contributed by atoms with Gasteiger partial charge in [0.05, 0.1) is 6.61 Å². The minimum absolute atomic E-state index is 0.241. The van der Waals surface area contributed by atoms with E-state index in [2.05, 4.69) is 10.1 Å². The number of benzene rings is 1. The second kappa shape index (κ2) is 5.34. The van der Waals surface area contributed by atoms with Crippen LogP contribution in [0.3, 0.4) is 0 Å². The van der Waals surface area contributed by atoms with Crippen molar-refractivity contribution in [3.63, 3.8) is 0 Å². The van der Waals surface area contributed by atoms with Crippen LogP contribution in [0.25, 0.3) is 0 Å². The molecule has 1 heterocycles. The third-order valence-electron chi connectivity index (χ3n) is 2.07. The molecule has 0 aliphatic heterocycles. The molecular weight excluding hydrogens is 220 g/mol. The average molecular weight is 234 g/mol. The molecule has 0 N–H and O–H groups in total. The lowest BCUT2D eigenvalue weighted by Crippen LogP contribution is -1.99. The molecule has 0 aliphatic rings. The Balaban J connectivity index is 2.03. The van der Waals surface area contributed by atoms with E-state index in [1.54, 1.807) is 6.92 Å². The van der Waals surface area contributed by atoms with Crippen molar-refractivity contribution < 1.29 is 14.0 Å². The zero-order valence-electron chi connectivity index (χ0n) is 9.84. The maximum atomic E-state index is 5.57. The summed E-state index contributed by atoms with van der Waals surface area (Å²) in [6.07, 6.45) is 0. The van der Waals surface area contributed by atoms with Crippen LogP contribution in [0, 0.1) is 6.92 Å². The number of rotatable bonds is 5. The zero-order chi connectivity index (χ0) is 12.1. The lowest BCUT2D eigenvalue weighted by atomic mass is 10.3. The van der Waals surface area contributed by atoms with Gasteiger partial charge < -0.3 is 14.0 Å². The quantitative estimate of drug-likeness (QED) is 0.794. The molecule has 0 fully saturated rings. The van der Waals surface area contributed by atoms with Crippen molar-refractivity contribution in [3.8, 4) is 11.5 Å². The van der Waals surface area contributed by atoms with Gasteiger partial charge in [0.15, 0.2) is 23.9 Å². The fraction of sp³-hybridized carbons (Fsp3) is 0.333. The van der Waals surface area contributed by atoms with E-state index in [-0.39, 0.29) is 6.61 Å². The summed E-state index contributed by atoms with van der Waals surface area (Å²) in [5.41, 5.74) is 0. The molecule has 0 saturated heterocycles. The molecule has 2 rings (SSSR count). The zero-order valence-corrected chi connectivity index (χ0v) is 9.84. The first-order valence-corrected chi connectivity index (χ1v) is 5.43. The Morgan fingerprint density at radius 1 is 1.18 bits per heavy atom. The number of nitrogens with zero attached hydrogens (tertiary/aromatic N) is 2. The summed E-state index contributed by atoms with van der Waals surface area (Å²) in [6, 6.07) is 7.48. The summed E-state index contributed by atoms with van der Waals surface area (Å²) in [5, 5.41) is 3.69. The summed E-state index contributed by atoms with van der Waals surface area (Å²) in [7, 11) is 0. The standard InChI is InChI=1S/C12H14N2O3/c1-3-15-10-6-4-5-7-11(10)16-8-12-13-9(2)14-17-12/h4-7H,3,8H2,1-2H3. The maximum absolute atomic E-state index is 5.57. The van der Waals surface area contributed by atoms with Crippen molar-refractivity contribution in [2.24, 2.45) is 0 Å². The summed E-state index contributed by atoms with van der Waals surface area (Å²) in [5.74, 6) is 2.44. The number of hydrogen-bond acceptors (Lipinski definition) is 5. The van der Waals surface area contributed by atoms with Crippen molar-refractivity contribution in [1.82, 2.24) is 10.1 Å². The molecule has 5 nitrogen and oxygen atoms in total. The average Bonchev–Trinajstić information content (AvgIpc) is 2.74. The molecule has 0 atom stereocenters. The van der Waals surface area contributed by atoms with Crippen LogP contribution < -0.4 is 9.47 Å². The molecule has 0 unspecified atom stereocenters. The predicted octanol–water partition coefficient (Wildman–Crippen LogP) is 2.36. The van der Waals surface area contributed by atoms with Crippen molar-refractivity contribution >= 4 is 0 Å². The van der Waals surface area contributed by atoms with Crippen molar-refractivity contribution in [1.29, 1.82) is 0 Å². The number of hydrogen-bond donors (Lipinski definition) is 0. The van der Waals surface area contributed by atoms with Gasteiger partial charge in [0.2, 0.25) is 0 Å². The summed E-state index contributed by atoms with van der Waals surface area (Å²) >= 11 is 0. The molecule has 0 aliphatic carbocycles. The lowest BCUT2D eigenvalue weighted by Gasteiger charge is -2.09. The van der Waals surface area contributed by atoms with Crippen molar-refractivity contribution in [3.05, 3.63) is 36.0 Å². The monoisotopic (exact) mass is 234 g/mol. The summed E-state index contributed by atoms with van der Waals surface area (Å²) in [6.45, 7) is 4.53. The van der Waals surface area contributed by atoms with Gasteiger partial charge in [-0.2, -0.15) is 4.98 Å². The summed E-state index contributed by atoms with van der Waals surface area (Å²) < 4.78 is 16.0. The number of aryl methyl sites for hydroxylation is 1. The maximum Gasteiger partial charge on any atom is 0.264 e. The molecule has 0 bridgehead atoms. The Morgan fingerprint density at radius 2 is 1.88 bits per heavy atom. The molecule has 0 amide bonds. The Kier molecular flexibility index (Phi) is 3.59. The molecule has 1 aromatic heterocycles. The van der Waals surface area contributed by atoms with Crippen LogP contribution in [0.4, 0.5) is 0 Å². The second-order valence-corrected chi connectivity index (χ2v) is 3.40. The first kappa shape index (κ1) is 11.4. The van der Waals surface area contributed by atoms with Crippen LogP contribution in [0.2, 0.25) is 0 Å². The van der Waals surface area contributed by atoms with Crippen LogP contribution in [0.1, 0.15) is 18.6 Å². The minimum Gasteiger partial charge on any atom is -0.490 e. The lowest BCUT2D eigenvalue weighted by molar-refractivity contribution is 0.228. The van der Waals surface area contributed by atoms with Crippen molar-refractivity contribution in [2.45, 2.75) is 20.5 Å². The number of para-hydroxylation sites is 2. The van der Waals surface area contributed by atoms with Gasteiger partial charge in [0.1, 0.15) is 0 Å². The first-order valence-electron chi connectivity index (χ1n) is 5.43. The van der Waals surface area contributed by atoms with E-state index in [1.807, 2.05) is 31.2 Å². The van der Waals surface area contributed by atoms with Gasteiger partial charge in [-0.25, -0.2) is 0 Å². The van der Waals surface area contributed by atoms with E-state index < -0.39 is 0 Å². The van der Waals surface area contributed by atoms with E-state index in [1.165, 1.54) is 0 Å². The first-order chi connectivity index (χ1) is 8.29. The molecular formula is C12H14N2O3. The third-order valence-corrected chi connectivity index (χ3v) is 2.07. The van der Waals surface area contributed by atoms with Gasteiger partial charge in [-0.3, -0.25) is 0 Å². The Hall–Kier alpha value is -2.04. The number of ether oxygens (including phenoxy) is 2. The fourth-order valence-electron chi connectivity index (χ4n) is 1.38. The van der Waals surface area contributed by atoms with E-state index in [0.717, 1.165) is 0 Å². The molecule has 1 aromatic carbocycles. The predicted molar refractivity (Wildman–Crippen MR) is 61.0 cm³/mol. The minimum atomic E-state index is 0.241. The highest BCUT2D eigenvalue weighted by atomic mass is 16.5. The van der Waals surface area contributed by atoms with Crippen LogP contribution >= 0.6 is 0 Å². The molecule has 90 valence electrons. The molecule has 0 saturated carbocycles. The topological polar surface area (TPSA) is 57.4 Å². The highest BCUT2D eigenvalue weighted by Gasteiger charge is 2.07. The van der Waals surface area contributed by atoms with E-state index in [0.29, 0.717) is 29.8 Å². The van der Waals surface area contributed by atoms with Gasteiger partial charge in [-0.1, -0.05) is 17.3 Å². The van der Waals surface area contributed by atoms with E-state index in [4.69, 9.17) is 14.0 Å². The van der Waals surface area contributed by atoms with Gasteiger partial charge in [0.25, 0.3) is 5.89 Å². The smallest absolute Gasteiger partial charge is 0.264 e. The molecule has 17 heavy (non-hydrogen) atoms. The van der Waals surface area contributed by atoms with Crippen LogP contribution in [-0.2, 0) is 6.61 Å². The Bertz CT molecular complexity index is 482. The van der Waals surface area contributed by atoms with Crippen molar-refractivity contribution in [2.75, 3.05) is 6.61 Å². The largest absolute Gasteiger partial charge is 0.490 e. The fourth-order valence-corrected chi connectivity index (χ4v) is 1.38. The SMILES string of the molecule is CCOc1ccccc1OCc1nc(C)no1. The van der Waals surface area contributed by atoms with Gasteiger partial charge in [0, 0.05) is 0 Å². The molecule has 2 aromatic rings. The highest BCUT2D eigenvalue weighted by Crippen LogP contribution is 2.26. The van der Waals surface area contributed by atoms with Crippen LogP contribution in [-0.4, -0.2) is 16.7 Å². The molecule has 0 spiro atoms. The van der Waals surface area contributed by atoms with Gasteiger partial charge in [-0.05, 0) is 26.0 Å². The van der Waals surface area contributed by atoms with E-state index >= 15 is 0 Å². The molecule has 5 heteroatoms. The van der Waals surface area contributed by atoms with Gasteiger partial charge in [-0.15, -0.1) is 0 Å². The Morgan fingerprint density at radius 3 is 2.47 bits per heavy atom. The Labute approximate surface area is 99.4 Å². The third kappa shape index (κ3) is 2.96. The van der Waals surface area contributed by atoms with Crippen LogP contribution in [0.5, 0.6) is 11.5 Å². The second-order valence-electron chi connectivity index (χ2n) is 3.40.